The molecular formula is C16H10ClFN2O3. The van der Waals surface area contributed by atoms with Crippen molar-refractivity contribution in [3.8, 4) is 11.5 Å². The molecule has 0 atom stereocenters. The zero-order valence-electron chi connectivity index (χ0n) is 11.7. The van der Waals surface area contributed by atoms with Gasteiger partial charge in [-0.25, -0.2) is 9.18 Å². The predicted molar refractivity (Wildman–Crippen MR) is 80.3 cm³/mol. The Hall–Kier alpha value is -2.73. The Labute approximate surface area is 135 Å². The van der Waals surface area contributed by atoms with Crippen LogP contribution in [0.4, 0.5) is 4.39 Å². The molecule has 0 fully saturated rings. The van der Waals surface area contributed by atoms with Gasteiger partial charge >= 0.3 is 5.97 Å². The fourth-order valence-corrected chi connectivity index (χ4v) is 2.07. The van der Waals surface area contributed by atoms with E-state index < -0.39 is 11.8 Å². The fraction of sp³-hybridized carbons (Fsp3) is 0.0625. The second kappa shape index (κ2) is 6.58. The normalized spacial score (nSPS) is 10.5. The Morgan fingerprint density at radius 3 is 2.61 bits per heavy atom. The fourth-order valence-electron chi connectivity index (χ4n) is 1.85. The summed E-state index contributed by atoms with van der Waals surface area (Å²) >= 11 is 6.04. The molecule has 3 rings (SSSR count). The summed E-state index contributed by atoms with van der Waals surface area (Å²) in [5.41, 5.74) is 0.829. The smallest absolute Gasteiger partial charge is 0.338 e. The van der Waals surface area contributed by atoms with E-state index in [0.29, 0.717) is 10.6 Å². The molecule has 0 radical (unpaired) electrons. The third-order valence-electron chi connectivity index (χ3n) is 2.98. The molecule has 0 saturated carbocycles. The highest BCUT2D eigenvalue weighted by molar-refractivity contribution is 6.33. The van der Waals surface area contributed by atoms with Crippen LogP contribution in [0.1, 0.15) is 16.2 Å². The summed E-state index contributed by atoms with van der Waals surface area (Å²) in [5, 5.41) is 8.15. The number of esters is 1. The minimum Gasteiger partial charge on any atom is -0.452 e. The number of aromatic nitrogens is 2. The molecule has 0 unspecified atom stereocenters. The maximum atomic E-state index is 12.8. The first-order valence-electron chi connectivity index (χ1n) is 6.63. The standard InChI is InChI=1S/C16H10ClFN2O3/c17-13-4-2-1-3-12(13)15-20-19-14(23-15)9-22-16(21)10-5-7-11(18)8-6-10/h1-8H,9H2. The molecule has 0 aliphatic carbocycles. The van der Waals surface area contributed by atoms with Crippen molar-refractivity contribution in [2.75, 3.05) is 0 Å². The lowest BCUT2D eigenvalue weighted by Gasteiger charge is -2.01. The number of carbonyl (C=O) groups excluding carboxylic acids is 1. The Bertz CT molecular complexity index is 833. The van der Waals surface area contributed by atoms with Crippen LogP contribution in [0, 0.1) is 5.82 Å². The summed E-state index contributed by atoms with van der Waals surface area (Å²) in [5.74, 6) is -0.663. The van der Waals surface area contributed by atoms with Crippen LogP contribution in [0.5, 0.6) is 0 Å². The van der Waals surface area contributed by atoms with Gasteiger partial charge in [-0.1, -0.05) is 23.7 Å². The van der Waals surface area contributed by atoms with Crippen LogP contribution in [0.2, 0.25) is 5.02 Å². The van der Waals surface area contributed by atoms with Gasteiger partial charge in [0.15, 0.2) is 6.61 Å². The van der Waals surface area contributed by atoms with E-state index in [-0.39, 0.29) is 24.0 Å². The average Bonchev–Trinajstić information content (AvgIpc) is 3.02. The van der Waals surface area contributed by atoms with E-state index in [1.54, 1.807) is 24.3 Å². The molecule has 0 amide bonds. The highest BCUT2D eigenvalue weighted by Crippen LogP contribution is 2.26. The first-order valence-corrected chi connectivity index (χ1v) is 7.01. The second-order valence-corrected chi connectivity index (χ2v) is 4.97. The summed E-state index contributed by atoms with van der Waals surface area (Å²) in [6.45, 7) is -0.187. The first kappa shape index (κ1) is 15.2. The number of ether oxygens (including phenoxy) is 1. The predicted octanol–water partition coefficient (Wildman–Crippen LogP) is 3.89. The SMILES string of the molecule is O=C(OCc1nnc(-c2ccccc2Cl)o1)c1ccc(F)cc1. The molecule has 0 saturated heterocycles. The Balaban J connectivity index is 1.67. The summed E-state index contributed by atoms with van der Waals surface area (Å²) in [7, 11) is 0. The molecule has 0 aliphatic heterocycles. The number of benzene rings is 2. The molecule has 7 heteroatoms. The Morgan fingerprint density at radius 1 is 1.13 bits per heavy atom. The zero-order chi connectivity index (χ0) is 16.2. The van der Waals surface area contributed by atoms with Crippen LogP contribution >= 0.6 is 11.6 Å². The van der Waals surface area contributed by atoms with Crippen molar-refractivity contribution in [3.63, 3.8) is 0 Å². The van der Waals surface area contributed by atoms with Crippen molar-refractivity contribution >= 4 is 17.6 Å². The molecule has 5 nitrogen and oxygen atoms in total. The van der Waals surface area contributed by atoms with Crippen molar-refractivity contribution in [1.29, 1.82) is 0 Å². The number of hydrogen-bond acceptors (Lipinski definition) is 5. The number of nitrogens with zero attached hydrogens (tertiary/aromatic N) is 2. The third-order valence-corrected chi connectivity index (χ3v) is 3.31. The van der Waals surface area contributed by atoms with Gasteiger partial charge in [0.1, 0.15) is 5.82 Å². The van der Waals surface area contributed by atoms with Crippen LogP contribution in [0.3, 0.4) is 0 Å². The van der Waals surface area contributed by atoms with Gasteiger partial charge < -0.3 is 9.15 Å². The molecule has 116 valence electrons. The van der Waals surface area contributed by atoms with Crippen molar-refractivity contribution < 1.29 is 18.3 Å². The van der Waals surface area contributed by atoms with Gasteiger partial charge in [-0.2, -0.15) is 0 Å². The molecular weight excluding hydrogens is 323 g/mol. The quantitative estimate of drug-likeness (QED) is 0.678. The van der Waals surface area contributed by atoms with Gasteiger partial charge in [0.2, 0.25) is 5.89 Å². The van der Waals surface area contributed by atoms with Gasteiger partial charge in [0.05, 0.1) is 16.1 Å². The highest BCUT2D eigenvalue weighted by Gasteiger charge is 2.14. The van der Waals surface area contributed by atoms with Crippen molar-refractivity contribution in [2.24, 2.45) is 0 Å². The summed E-state index contributed by atoms with van der Waals surface area (Å²) in [4.78, 5) is 11.8. The first-order chi connectivity index (χ1) is 11.1. The van der Waals surface area contributed by atoms with Crippen LogP contribution in [0.25, 0.3) is 11.5 Å². The van der Waals surface area contributed by atoms with E-state index in [2.05, 4.69) is 10.2 Å². The molecule has 23 heavy (non-hydrogen) atoms. The maximum absolute atomic E-state index is 12.8. The van der Waals surface area contributed by atoms with Gasteiger partial charge in [0.25, 0.3) is 5.89 Å². The number of rotatable bonds is 4. The van der Waals surface area contributed by atoms with Crippen molar-refractivity contribution in [1.82, 2.24) is 10.2 Å². The number of hydrogen-bond donors (Lipinski definition) is 0. The summed E-state index contributed by atoms with van der Waals surface area (Å²) < 4.78 is 23.3. The van der Waals surface area contributed by atoms with Crippen LogP contribution < -0.4 is 0 Å². The second-order valence-electron chi connectivity index (χ2n) is 4.56. The lowest BCUT2D eigenvalue weighted by Crippen LogP contribution is -2.05. The molecule has 1 aromatic heterocycles. The van der Waals surface area contributed by atoms with Gasteiger partial charge in [-0.3, -0.25) is 0 Å². The Kier molecular flexibility index (Phi) is 4.34. The van der Waals surface area contributed by atoms with E-state index in [1.165, 1.54) is 24.3 Å². The van der Waals surface area contributed by atoms with E-state index in [0.717, 1.165) is 0 Å². The maximum Gasteiger partial charge on any atom is 0.338 e. The zero-order valence-corrected chi connectivity index (χ0v) is 12.5. The van der Waals surface area contributed by atoms with E-state index in [1.807, 2.05) is 0 Å². The van der Waals surface area contributed by atoms with Crippen LogP contribution in [0.15, 0.2) is 52.9 Å². The van der Waals surface area contributed by atoms with Gasteiger partial charge in [-0.15, -0.1) is 10.2 Å². The van der Waals surface area contributed by atoms with Gasteiger partial charge in [-0.05, 0) is 36.4 Å². The topological polar surface area (TPSA) is 65.2 Å². The molecule has 0 bridgehead atoms. The molecule has 0 spiro atoms. The molecule has 1 heterocycles. The summed E-state index contributed by atoms with van der Waals surface area (Å²) in [6.07, 6.45) is 0. The van der Waals surface area contributed by atoms with E-state index >= 15 is 0 Å². The lowest BCUT2D eigenvalue weighted by atomic mass is 10.2. The largest absolute Gasteiger partial charge is 0.452 e. The molecule has 2 aromatic carbocycles. The third kappa shape index (κ3) is 3.54. The average molecular weight is 333 g/mol. The van der Waals surface area contributed by atoms with E-state index in [4.69, 9.17) is 20.8 Å². The lowest BCUT2D eigenvalue weighted by molar-refractivity contribution is 0.0438. The van der Waals surface area contributed by atoms with E-state index in [9.17, 15) is 9.18 Å². The summed E-state index contributed by atoms with van der Waals surface area (Å²) in [6, 6.07) is 12.0. The molecule has 0 aliphatic rings. The van der Waals surface area contributed by atoms with Crippen molar-refractivity contribution in [2.45, 2.75) is 6.61 Å². The minimum absolute atomic E-state index is 0.135. The number of carbonyl (C=O) groups is 1. The molecule has 3 aromatic rings. The van der Waals surface area contributed by atoms with Crippen LogP contribution in [-0.2, 0) is 11.3 Å². The Morgan fingerprint density at radius 2 is 1.87 bits per heavy atom. The monoisotopic (exact) mass is 332 g/mol. The molecule has 0 N–H and O–H groups in total. The van der Waals surface area contributed by atoms with Crippen LogP contribution in [-0.4, -0.2) is 16.2 Å². The highest BCUT2D eigenvalue weighted by atomic mass is 35.5. The minimum atomic E-state index is -0.609. The van der Waals surface area contributed by atoms with Gasteiger partial charge in [0, 0.05) is 0 Å². The number of halogens is 2. The van der Waals surface area contributed by atoms with Crippen molar-refractivity contribution in [3.05, 3.63) is 70.8 Å².